The Kier molecular flexibility index (Phi) is 30.1. The monoisotopic (exact) mass is 586 g/mol. The van der Waals surface area contributed by atoms with Gasteiger partial charge in [-0.25, -0.2) is 4.79 Å². The van der Waals surface area contributed by atoms with E-state index < -0.39 is 24.6 Å². The Balaban J connectivity index is -0.0000000793. The van der Waals surface area contributed by atoms with E-state index in [1.54, 1.807) is 0 Å². The Morgan fingerprint density at radius 1 is 0.700 bits per heavy atom. The lowest BCUT2D eigenvalue weighted by Crippen LogP contribution is -2.28. The molecular weight excluding hydrogens is 520 g/mol. The summed E-state index contributed by atoms with van der Waals surface area (Å²) in [6, 6.07) is 0. The van der Waals surface area contributed by atoms with Crippen molar-refractivity contribution in [2.24, 2.45) is 0 Å². The Morgan fingerprint density at radius 2 is 1.12 bits per heavy atom. The van der Waals surface area contributed by atoms with E-state index >= 15 is 0 Å². The van der Waals surface area contributed by atoms with E-state index in [1.807, 2.05) is 0 Å². The number of rotatable bonds is 18. The number of carbonyl (C=O) groups excluding carboxylic acids is 2. The molecule has 0 amide bonds. The highest BCUT2D eigenvalue weighted by Gasteiger charge is 2.15. The third kappa shape index (κ3) is 28.7. The molecule has 0 heterocycles. The van der Waals surface area contributed by atoms with Crippen LogP contribution in [-0.4, -0.2) is 36.4 Å². The fraction of sp³-hybridized carbons (Fsp3) is 0.529. The molecule has 40 heavy (non-hydrogen) atoms. The zero-order valence-corrected chi connectivity index (χ0v) is 24.5. The van der Waals surface area contributed by atoms with Crippen LogP contribution in [0.25, 0.3) is 0 Å². The summed E-state index contributed by atoms with van der Waals surface area (Å²) in [6.45, 7) is 1.50. The summed E-state index contributed by atoms with van der Waals surface area (Å²) in [5, 5.41) is 9.38. The summed E-state index contributed by atoms with van der Waals surface area (Å²) in [7, 11) is 0. The molecule has 0 aliphatic heterocycles. The molecular formula is C34H66O5S. The zero-order valence-electron chi connectivity index (χ0n) is 23.5. The van der Waals surface area contributed by atoms with E-state index in [1.165, 1.54) is 64.2 Å². The second-order valence-electron chi connectivity index (χ2n) is 8.53. The number of carbonyl (C=O) groups is 2. The molecule has 0 unspecified atom stereocenters. The highest BCUT2D eigenvalue weighted by Crippen LogP contribution is 2.13. The largest absolute Gasteiger partial charge is 0.456 e. The van der Waals surface area contributed by atoms with Gasteiger partial charge in [0.1, 0.15) is 6.61 Å². The van der Waals surface area contributed by atoms with Gasteiger partial charge >= 0.3 is 11.9 Å². The summed E-state index contributed by atoms with van der Waals surface area (Å²) in [5.41, 5.74) is 0. The number of esters is 2. The van der Waals surface area contributed by atoms with E-state index in [4.69, 9.17) is 15.9 Å². The third-order valence-electron chi connectivity index (χ3n) is 5.25. The molecule has 0 saturated carbocycles. The number of aliphatic hydroxyl groups excluding tert-OH is 1. The van der Waals surface area contributed by atoms with Crippen LogP contribution in [0, 0.1) is 83.4 Å². The molecule has 0 spiro atoms. The molecule has 0 rings (SSSR count). The van der Waals surface area contributed by atoms with Gasteiger partial charge in [-0.15, -0.1) is 6.42 Å². The van der Waals surface area contributed by atoms with E-state index in [9.17, 15) is 14.7 Å². The summed E-state index contributed by atoms with van der Waals surface area (Å²) in [5.74, 6) is 29.4. The maximum atomic E-state index is 12.0. The van der Waals surface area contributed by atoms with Crippen LogP contribution in [0.2, 0.25) is 0 Å². The van der Waals surface area contributed by atoms with Gasteiger partial charge in [0.15, 0.2) is 6.10 Å². The smallest absolute Gasteiger partial charge is 0.385 e. The Hall–Kier alpha value is -3.83. The molecule has 0 aromatic rings. The van der Waals surface area contributed by atoms with Crippen molar-refractivity contribution < 1.29 is 42.7 Å². The molecule has 238 valence electrons. The lowest BCUT2D eigenvalue weighted by Gasteiger charge is -2.14. The quantitative estimate of drug-likeness (QED) is 0.0765. The second kappa shape index (κ2) is 31.4. The molecule has 0 aliphatic rings. The molecule has 0 aliphatic carbocycles. The SMILES string of the molecule is C#CC#CC#CC#CC#CC#CC#CC(=O)OC[C@@H](CO)OC(=O)CCCCCCCCCCCCCCC.S.[HH].[HH].[HH].[HH].[HH].[HH].[HH].[HH].[HH].[HH].[HH].[HH].[HH]. The second-order valence-corrected chi connectivity index (χ2v) is 8.53. The number of unbranched alkanes of at least 4 members (excludes halogenated alkanes) is 12. The minimum Gasteiger partial charge on any atom is -0.456 e. The van der Waals surface area contributed by atoms with Gasteiger partial charge in [0.05, 0.1) is 6.61 Å². The summed E-state index contributed by atoms with van der Waals surface area (Å²) >= 11 is 0. The molecule has 0 aromatic heterocycles. The molecule has 0 bridgehead atoms. The molecule has 0 aromatic carbocycles. The van der Waals surface area contributed by atoms with Gasteiger partial charge in [-0.2, -0.15) is 13.5 Å². The fourth-order valence-electron chi connectivity index (χ4n) is 3.26. The summed E-state index contributed by atoms with van der Waals surface area (Å²) in [4.78, 5) is 23.7. The maximum absolute atomic E-state index is 12.0. The van der Waals surface area contributed by atoms with Crippen molar-refractivity contribution in [3.05, 3.63) is 0 Å². The molecule has 5 nitrogen and oxygen atoms in total. The molecule has 1 N–H and O–H groups in total. The van der Waals surface area contributed by atoms with Crippen LogP contribution in [0.5, 0.6) is 0 Å². The lowest BCUT2D eigenvalue weighted by molar-refractivity contribution is -0.159. The van der Waals surface area contributed by atoms with Crippen molar-refractivity contribution in [2.45, 2.75) is 103 Å². The van der Waals surface area contributed by atoms with Crippen LogP contribution in [-0.2, 0) is 19.1 Å². The van der Waals surface area contributed by atoms with Crippen LogP contribution in [0.1, 0.15) is 115 Å². The number of aliphatic hydroxyl groups is 1. The van der Waals surface area contributed by atoms with Gasteiger partial charge in [0.25, 0.3) is 0 Å². The van der Waals surface area contributed by atoms with E-state index in [0.29, 0.717) is 0 Å². The number of hydrogen-bond acceptors (Lipinski definition) is 5. The van der Waals surface area contributed by atoms with Gasteiger partial charge in [-0.1, -0.05) is 84.0 Å². The Morgan fingerprint density at radius 3 is 1.57 bits per heavy atom. The molecule has 0 saturated heterocycles. The third-order valence-corrected chi connectivity index (χ3v) is 5.25. The van der Waals surface area contributed by atoms with Crippen molar-refractivity contribution in [2.75, 3.05) is 13.2 Å². The van der Waals surface area contributed by atoms with Crippen molar-refractivity contribution >= 4 is 25.4 Å². The lowest BCUT2D eigenvalue weighted by atomic mass is 10.0. The molecule has 0 fully saturated rings. The van der Waals surface area contributed by atoms with Crippen LogP contribution >= 0.6 is 13.5 Å². The van der Waals surface area contributed by atoms with E-state index in [-0.39, 0.29) is 45.1 Å². The maximum Gasteiger partial charge on any atom is 0.385 e. The number of hydrogen-bond donors (Lipinski definition) is 1. The standard InChI is InChI=1S/C34H38O5.H2S.13H2/c1-3-5-7-9-11-13-15-17-19-21-23-25-27-29-34(37)39-32(30-35)31-38-33(36)28-26-24-22-20-18-16-14-12-10-8-6-4-2;;;;;;;;;;;;;;/h2,32,35H,3,5,7,9,11,13,15,17,19,21,23,25,27,29-31H2,1H3;1H2;13*1H/t32-;;;;;;;;;;;;;;/m1............../s1. The van der Waals surface area contributed by atoms with Gasteiger partial charge in [-0.05, 0) is 77.5 Å². The normalized spacial score (nSPS) is 9.03. The summed E-state index contributed by atoms with van der Waals surface area (Å²) in [6.07, 6.45) is 20.2. The first-order chi connectivity index (χ1) is 19.1. The van der Waals surface area contributed by atoms with Gasteiger partial charge in [0, 0.05) is 30.9 Å². The number of ether oxygens (including phenoxy) is 2. The average Bonchev–Trinajstić information content (AvgIpc) is 2.94. The Labute approximate surface area is 268 Å². The van der Waals surface area contributed by atoms with Crippen molar-refractivity contribution in [1.29, 1.82) is 0 Å². The zero-order chi connectivity index (χ0) is 28.7. The minimum atomic E-state index is -0.929. The topological polar surface area (TPSA) is 72.8 Å². The predicted molar refractivity (Wildman–Crippen MR) is 192 cm³/mol. The van der Waals surface area contributed by atoms with Crippen LogP contribution in [0.4, 0.5) is 0 Å². The fourth-order valence-corrected chi connectivity index (χ4v) is 3.26. The van der Waals surface area contributed by atoms with Gasteiger partial charge in [-0.3, -0.25) is 4.79 Å². The van der Waals surface area contributed by atoms with Crippen molar-refractivity contribution in [3.63, 3.8) is 0 Å². The molecule has 6 heteroatoms. The van der Waals surface area contributed by atoms with Gasteiger partial charge < -0.3 is 14.6 Å². The summed E-state index contributed by atoms with van der Waals surface area (Å²) < 4.78 is 10.1. The van der Waals surface area contributed by atoms with E-state index in [0.717, 1.165) is 19.3 Å². The minimum absolute atomic E-state index is 0. The average molecular weight is 587 g/mol. The van der Waals surface area contributed by atoms with Crippen molar-refractivity contribution in [3.8, 4) is 83.4 Å². The first-order valence-corrected chi connectivity index (χ1v) is 13.6. The van der Waals surface area contributed by atoms with E-state index in [2.05, 4.69) is 83.9 Å². The van der Waals surface area contributed by atoms with Crippen LogP contribution < -0.4 is 0 Å². The molecule has 0 radical (unpaired) electrons. The van der Waals surface area contributed by atoms with Crippen LogP contribution in [0.15, 0.2) is 0 Å². The first kappa shape index (κ1) is 38.3. The Bertz CT molecular complexity index is 1180. The van der Waals surface area contributed by atoms with Crippen molar-refractivity contribution in [1.82, 2.24) is 0 Å². The first-order valence-electron chi connectivity index (χ1n) is 13.6. The van der Waals surface area contributed by atoms with Gasteiger partial charge in [0.2, 0.25) is 0 Å². The highest BCUT2D eigenvalue weighted by molar-refractivity contribution is 7.59. The highest BCUT2D eigenvalue weighted by atomic mass is 32.1. The van der Waals surface area contributed by atoms with Crippen LogP contribution in [0.3, 0.4) is 0 Å². The molecule has 1 atom stereocenters. The number of terminal acetylenes is 1. The predicted octanol–water partition coefficient (Wildman–Crippen LogP) is 7.88.